The molecule has 1 aromatic carbocycles. The number of likely N-dealkylation sites (tertiary alicyclic amines) is 1. The molecule has 160 valence electrons. The third-order valence-corrected chi connectivity index (χ3v) is 8.17. The number of carbonyl (C=O) groups excluding carboxylic acids is 3. The van der Waals surface area contributed by atoms with Gasteiger partial charge in [0.15, 0.2) is 0 Å². The van der Waals surface area contributed by atoms with E-state index in [2.05, 4.69) is 10.6 Å². The maximum Gasteiger partial charge on any atom is 0.250 e. The van der Waals surface area contributed by atoms with Gasteiger partial charge in [0.1, 0.15) is 5.54 Å². The van der Waals surface area contributed by atoms with E-state index in [1.165, 1.54) is 0 Å². The summed E-state index contributed by atoms with van der Waals surface area (Å²) in [6.07, 6.45) is 6.67. The number of hydrogen-bond acceptors (Lipinski definition) is 5. The minimum atomic E-state index is -1.15. The molecule has 30 heavy (non-hydrogen) atoms. The van der Waals surface area contributed by atoms with Crippen molar-refractivity contribution < 1.29 is 14.4 Å². The van der Waals surface area contributed by atoms with Crippen LogP contribution in [0.4, 0.5) is 5.69 Å². The number of benzene rings is 1. The van der Waals surface area contributed by atoms with Gasteiger partial charge in [0.25, 0.3) is 0 Å². The summed E-state index contributed by atoms with van der Waals surface area (Å²) >= 11 is 1.72. The number of nitrogens with one attached hydrogen (secondary N) is 2. The van der Waals surface area contributed by atoms with Crippen molar-refractivity contribution >= 4 is 35.2 Å². The lowest BCUT2D eigenvalue weighted by molar-refractivity contribution is -0.145. The Balaban J connectivity index is 1.65. The molecule has 2 saturated heterocycles. The van der Waals surface area contributed by atoms with Gasteiger partial charge in [-0.05, 0) is 50.7 Å². The highest BCUT2D eigenvalue weighted by Crippen LogP contribution is 2.55. The van der Waals surface area contributed by atoms with E-state index in [0.717, 1.165) is 60.2 Å². The average molecular weight is 428 g/mol. The van der Waals surface area contributed by atoms with Crippen molar-refractivity contribution in [2.24, 2.45) is 11.8 Å². The number of amides is 3. The molecule has 3 aliphatic heterocycles. The van der Waals surface area contributed by atoms with Crippen molar-refractivity contribution in [3.05, 3.63) is 28.8 Å². The lowest BCUT2D eigenvalue weighted by Crippen LogP contribution is -2.54. The standard InChI is InChI=1S/C23H29N3O3S/c1-12-10-13(2)19-15(11-12)23(22(29)24-19)18-17(16(25-23)8-9-30-3)20(27)26(21(18)28)14-6-4-5-7-14/h10-11,14,16-18,25H,4-9H2,1-3H3,(H,24,29)/t16-,17-,18+,23-/m1/s1. The van der Waals surface area contributed by atoms with Crippen LogP contribution < -0.4 is 10.6 Å². The number of imide groups is 1. The Kier molecular flexibility index (Phi) is 4.74. The van der Waals surface area contributed by atoms with Crippen LogP contribution in [0.2, 0.25) is 0 Å². The van der Waals surface area contributed by atoms with Gasteiger partial charge in [0.2, 0.25) is 17.7 Å². The first-order valence-corrected chi connectivity index (χ1v) is 12.4. The normalized spacial score (nSPS) is 33.0. The third-order valence-electron chi connectivity index (χ3n) is 7.52. The lowest BCUT2D eigenvalue weighted by Gasteiger charge is -2.31. The molecule has 1 spiro atoms. The van der Waals surface area contributed by atoms with E-state index < -0.39 is 17.4 Å². The number of nitrogens with zero attached hydrogens (tertiary/aromatic N) is 1. The van der Waals surface area contributed by atoms with Gasteiger partial charge in [-0.15, -0.1) is 0 Å². The van der Waals surface area contributed by atoms with Gasteiger partial charge in [0.05, 0.1) is 11.8 Å². The molecule has 3 heterocycles. The fourth-order valence-electron chi connectivity index (χ4n) is 6.30. The van der Waals surface area contributed by atoms with Gasteiger partial charge in [-0.2, -0.15) is 11.8 Å². The third kappa shape index (κ3) is 2.57. The summed E-state index contributed by atoms with van der Waals surface area (Å²) in [5.41, 5.74) is 2.52. The Morgan fingerprint density at radius 3 is 2.57 bits per heavy atom. The molecule has 0 unspecified atom stereocenters. The highest BCUT2D eigenvalue weighted by atomic mass is 32.2. The number of aryl methyl sites for hydroxylation is 2. The van der Waals surface area contributed by atoms with Crippen LogP contribution >= 0.6 is 11.8 Å². The number of carbonyl (C=O) groups is 3. The first-order chi connectivity index (χ1) is 14.4. The predicted octanol–water partition coefficient (Wildman–Crippen LogP) is 2.72. The van der Waals surface area contributed by atoms with Crippen LogP contribution in [0.25, 0.3) is 0 Å². The molecule has 1 aliphatic carbocycles. The fraction of sp³-hybridized carbons (Fsp3) is 0.609. The van der Waals surface area contributed by atoms with Crippen LogP contribution in [0.15, 0.2) is 12.1 Å². The largest absolute Gasteiger partial charge is 0.324 e. The van der Waals surface area contributed by atoms with Crippen LogP contribution in [-0.2, 0) is 19.9 Å². The first-order valence-electron chi connectivity index (χ1n) is 11.0. The van der Waals surface area contributed by atoms with Crippen LogP contribution in [0.1, 0.15) is 48.8 Å². The zero-order chi connectivity index (χ0) is 21.2. The van der Waals surface area contributed by atoms with Gasteiger partial charge in [-0.1, -0.05) is 30.5 Å². The van der Waals surface area contributed by atoms with Crippen LogP contribution in [0, 0.1) is 25.7 Å². The minimum absolute atomic E-state index is 0.00275. The van der Waals surface area contributed by atoms with Gasteiger partial charge in [-0.25, -0.2) is 0 Å². The summed E-state index contributed by atoms with van der Waals surface area (Å²) in [6, 6.07) is 3.87. The summed E-state index contributed by atoms with van der Waals surface area (Å²) in [5.74, 6) is -0.676. The minimum Gasteiger partial charge on any atom is -0.324 e. The van der Waals surface area contributed by atoms with E-state index in [-0.39, 0.29) is 29.8 Å². The molecule has 6 nitrogen and oxygen atoms in total. The van der Waals surface area contributed by atoms with Crippen molar-refractivity contribution in [3.63, 3.8) is 0 Å². The monoisotopic (exact) mass is 427 g/mol. The second-order valence-electron chi connectivity index (χ2n) is 9.29. The topological polar surface area (TPSA) is 78.5 Å². The summed E-state index contributed by atoms with van der Waals surface area (Å²) < 4.78 is 0. The molecule has 0 radical (unpaired) electrons. The van der Waals surface area contributed by atoms with Crippen molar-refractivity contribution in [2.75, 3.05) is 17.3 Å². The Morgan fingerprint density at radius 2 is 1.87 bits per heavy atom. The molecule has 7 heteroatoms. The summed E-state index contributed by atoms with van der Waals surface area (Å²) in [5, 5.41) is 6.59. The number of rotatable bonds is 4. The second kappa shape index (κ2) is 7.09. The van der Waals surface area contributed by atoms with Crippen molar-refractivity contribution in [1.82, 2.24) is 10.2 Å². The van der Waals surface area contributed by atoms with Gasteiger partial charge in [-0.3, -0.25) is 24.6 Å². The summed E-state index contributed by atoms with van der Waals surface area (Å²) in [6.45, 7) is 3.99. The number of fused-ring (bicyclic) bond motifs is 4. The molecule has 1 saturated carbocycles. The summed E-state index contributed by atoms with van der Waals surface area (Å²) in [4.78, 5) is 42.4. The zero-order valence-electron chi connectivity index (χ0n) is 17.8. The van der Waals surface area contributed by atoms with E-state index in [0.29, 0.717) is 0 Å². The van der Waals surface area contributed by atoms with Crippen LogP contribution in [-0.4, -0.2) is 46.7 Å². The fourth-order valence-corrected chi connectivity index (χ4v) is 6.79. The van der Waals surface area contributed by atoms with E-state index >= 15 is 0 Å². The maximum atomic E-state index is 13.8. The quantitative estimate of drug-likeness (QED) is 0.723. The van der Waals surface area contributed by atoms with Gasteiger partial charge < -0.3 is 5.32 Å². The summed E-state index contributed by atoms with van der Waals surface area (Å²) in [7, 11) is 0. The molecule has 4 aliphatic rings. The number of anilines is 1. The maximum absolute atomic E-state index is 13.8. The predicted molar refractivity (Wildman–Crippen MR) is 117 cm³/mol. The first kappa shape index (κ1) is 20.1. The lowest BCUT2D eigenvalue weighted by atomic mass is 9.76. The van der Waals surface area contributed by atoms with Gasteiger partial charge >= 0.3 is 0 Å². The van der Waals surface area contributed by atoms with E-state index in [1.54, 1.807) is 16.7 Å². The molecule has 0 bridgehead atoms. The molecule has 1 aromatic rings. The SMILES string of the molecule is CSCC[C@H]1N[C@@]2(C(=O)Nc3c(C)cc(C)cc32)[C@@H]2C(=O)N(C3CCCC3)C(=O)[C@@H]21. The molecule has 5 rings (SSSR count). The molecule has 3 amide bonds. The van der Waals surface area contributed by atoms with Crippen molar-refractivity contribution in [1.29, 1.82) is 0 Å². The van der Waals surface area contributed by atoms with Crippen molar-refractivity contribution in [2.45, 2.75) is 63.6 Å². The van der Waals surface area contributed by atoms with E-state index in [4.69, 9.17) is 0 Å². The van der Waals surface area contributed by atoms with Crippen molar-refractivity contribution in [3.8, 4) is 0 Å². The molecular formula is C23H29N3O3S. The van der Waals surface area contributed by atoms with E-state index in [1.807, 2.05) is 32.2 Å². The molecule has 3 fully saturated rings. The number of hydrogen-bond donors (Lipinski definition) is 2. The Morgan fingerprint density at radius 1 is 1.13 bits per heavy atom. The molecule has 2 N–H and O–H groups in total. The van der Waals surface area contributed by atoms with Crippen LogP contribution in [0.3, 0.4) is 0 Å². The highest BCUT2D eigenvalue weighted by Gasteiger charge is 2.70. The molecule has 0 aromatic heterocycles. The highest BCUT2D eigenvalue weighted by molar-refractivity contribution is 7.98. The van der Waals surface area contributed by atoms with E-state index in [9.17, 15) is 14.4 Å². The van der Waals surface area contributed by atoms with Crippen LogP contribution in [0.5, 0.6) is 0 Å². The Labute approximate surface area is 181 Å². The molecule has 4 atom stereocenters. The second-order valence-corrected chi connectivity index (χ2v) is 10.3. The smallest absolute Gasteiger partial charge is 0.250 e. The zero-order valence-corrected chi connectivity index (χ0v) is 18.6. The molecular weight excluding hydrogens is 398 g/mol. The van der Waals surface area contributed by atoms with Gasteiger partial charge in [0, 0.05) is 23.3 Å². The number of thioether (sulfide) groups is 1. The average Bonchev–Trinajstić information content (AvgIpc) is 3.44. The Hall–Kier alpha value is -1.86. The Bertz CT molecular complexity index is 942.